The Morgan fingerprint density at radius 1 is 0.657 bits per heavy atom. The predicted molar refractivity (Wildman–Crippen MR) is 268 cm³/mol. The minimum Gasteiger partial charge on any atom is -0.493 e. The Balaban J connectivity index is 0.000000243. The molecule has 0 atom stereocenters. The van der Waals surface area contributed by atoms with E-state index in [2.05, 4.69) is 45.9 Å². The summed E-state index contributed by atoms with van der Waals surface area (Å²) in [5.74, 6) is 3.88. The van der Waals surface area contributed by atoms with Crippen LogP contribution in [0, 0.1) is 0 Å². The number of alkyl halides is 2. The number of aliphatic imine (C=N–C) groups is 1. The lowest BCUT2D eigenvalue weighted by molar-refractivity contribution is -0.114. The molecule has 2 aliphatic rings. The van der Waals surface area contributed by atoms with E-state index < -0.39 is 5.24 Å². The molecule has 0 aromatic carbocycles. The van der Waals surface area contributed by atoms with Crippen molar-refractivity contribution in [1.82, 2.24) is 24.9 Å². The molecule has 5 aromatic rings. The first-order valence-corrected chi connectivity index (χ1v) is 22.4. The van der Waals surface area contributed by atoms with Gasteiger partial charge in [0.1, 0.15) is 33.6 Å². The third kappa shape index (κ3) is 18.9. The number of hydrogen-bond donors (Lipinski definition) is 4. The normalized spacial score (nSPS) is 11.2. The number of nitrogens with zero attached hydrogens (tertiary/aromatic N) is 6. The van der Waals surface area contributed by atoms with Crippen molar-refractivity contribution < 1.29 is 42.8 Å². The molecule has 358 valence electrons. The topological polar surface area (TPSA) is 246 Å². The smallest absolute Gasteiger partial charge is 0.240 e. The number of amides is 2. The van der Waals surface area contributed by atoms with Gasteiger partial charge in [0.25, 0.3) is 0 Å². The molecule has 5 aromatic heterocycles. The molecule has 7 heterocycles. The molecule has 19 nitrogen and oxygen atoms in total. The summed E-state index contributed by atoms with van der Waals surface area (Å²) in [7, 11) is 9.17. The maximum absolute atomic E-state index is 12.1. The number of nitrogen functional groups attached to an aromatic ring is 1. The van der Waals surface area contributed by atoms with Gasteiger partial charge < -0.3 is 50.1 Å². The van der Waals surface area contributed by atoms with Crippen LogP contribution < -0.4 is 50.1 Å². The molecule has 2 amide bonds. The lowest BCUT2D eigenvalue weighted by Gasteiger charge is -2.09. The monoisotopic (exact) mass is 1060 g/mol. The minimum atomic E-state index is -0.508. The second-order valence-electron chi connectivity index (χ2n) is 12.5. The minimum absolute atomic E-state index is 0.0957. The zero-order chi connectivity index (χ0) is 49.5. The Hall–Kier alpha value is -5.68. The third-order valence-electron chi connectivity index (χ3n) is 8.07. The van der Waals surface area contributed by atoms with Gasteiger partial charge >= 0.3 is 0 Å². The molecule has 0 saturated heterocycles. The summed E-state index contributed by atoms with van der Waals surface area (Å²) in [5.41, 5.74) is 9.35. The summed E-state index contributed by atoms with van der Waals surface area (Å²) in [6, 6.07) is 8.41. The fraction of sp³-hybridized carbons (Fsp3) is 0.268. The summed E-state index contributed by atoms with van der Waals surface area (Å²) >= 11 is 32.8. The van der Waals surface area contributed by atoms with Crippen molar-refractivity contribution in [1.29, 1.82) is 0 Å². The van der Waals surface area contributed by atoms with E-state index >= 15 is 0 Å². The zero-order valence-electron chi connectivity index (χ0n) is 36.5. The average molecular weight is 1060 g/mol. The van der Waals surface area contributed by atoms with E-state index in [-0.39, 0.29) is 29.3 Å². The number of nitrogens with one attached hydrogen (secondary N) is 3. The second-order valence-corrected chi connectivity index (χ2v) is 15.8. The van der Waals surface area contributed by atoms with Gasteiger partial charge in [0.05, 0.1) is 107 Å². The molecule has 5 N–H and O–H groups in total. The molecule has 0 unspecified atom stereocenters. The number of ether oxygens (including phenoxy) is 6. The van der Waals surface area contributed by atoms with Gasteiger partial charge in [0.2, 0.25) is 17.1 Å². The van der Waals surface area contributed by atoms with Crippen LogP contribution in [0.2, 0.25) is 10.3 Å². The van der Waals surface area contributed by atoms with Crippen molar-refractivity contribution in [2.45, 2.75) is 12.8 Å². The standard InChI is InChI=1S/C16H15ClN4O3S.C9H11ClN2O3.C7H5ClN2S.C7H10N2O2.C2H2Cl2O/c1-23-11-5-14(19-7-12(11)24-2)21-15(22)8-25-16-4-9-3-13(17)18-6-10(9)20-16;1-14-6-3-8(12-9(13)4-10)11-5-7(6)15-2;8-6-1-4-2-7(11)10-5(4)3-9-6;1-10-5-3-7(8)9-4-6(5)11-2;3-1-2(4)5/h3,5-7H,4,8H2,1-2H3,(H,19,21,22);3,5H,4H2,1-2H3,(H,11,12,13);1,3H,2H2,(H,10,11);3-4H,1-2H3,(H2,8,9);1H2. The Morgan fingerprint density at radius 3 is 1.64 bits per heavy atom. The number of nitrogens with two attached hydrogens (primary N) is 1. The molecule has 0 bridgehead atoms. The van der Waals surface area contributed by atoms with Gasteiger partial charge in [-0.05, 0) is 34.9 Å². The third-order valence-corrected chi connectivity index (χ3v) is 10.5. The summed E-state index contributed by atoms with van der Waals surface area (Å²) in [5, 5.41) is 9.58. The summed E-state index contributed by atoms with van der Waals surface area (Å²) in [6.07, 6.45) is 9.26. The average Bonchev–Trinajstić information content (AvgIpc) is 3.92. The Bertz CT molecular complexity index is 2530. The highest BCUT2D eigenvalue weighted by Crippen LogP contribution is 2.32. The van der Waals surface area contributed by atoms with Crippen LogP contribution in [0.3, 0.4) is 0 Å². The van der Waals surface area contributed by atoms with Crippen LogP contribution in [0.25, 0.3) is 0 Å². The van der Waals surface area contributed by atoms with Crippen LogP contribution in [0.5, 0.6) is 34.5 Å². The van der Waals surface area contributed by atoms with E-state index in [4.69, 9.17) is 104 Å². The molecule has 0 spiro atoms. The van der Waals surface area contributed by atoms with Crippen molar-refractivity contribution in [2.75, 3.05) is 81.9 Å². The van der Waals surface area contributed by atoms with E-state index in [1.807, 2.05) is 6.07 Å². The van der Waals surface area contributed by atoms with Gasteiger partial charge in [-0.25, -0.2) is 29.9 Å². The Kier molecular flexibility index (Phi) is 24.2. The molecule has 0 radical (unpaired) electrons. The van der Waals surface area contributed by atoms with E-state index in [1.165, 1.54) is 58.8 Å². The number of rotatable bonds is 12. The summed E-state index contributed by atoms with van der Waals surface area (Å²) < 4.78 is 30.3. The number of pyridine rings is 5. The van der Waals surface area contributed by atoms with Gasteiger partial charge in [-0.3, -0.25) is 14.4 Å². The van der Waals surface area contributed by atoms with Gasteiger partial charge in [-0.15, -0.1) is 35.0 Å². The number of methoxy groups -OCH3 is 6. The fourth-order valence-electron chi connectivity index (χ4n) is 5.08. The van der Waals surface area contributed by atoms with Crippen molar-refractivity contribution >= 4 is 138 Å². The van der Waals surface area contributed by atoms with Crippen molar-refractivity contribution in [2.24, 2.45) is 4.99 Å². The maximum atomic E-state index is 12.1. The van der Waals surface area contributed by atoms with Crippen LogP contribution >= 0.6 is 82.0 Å². The lowest BCUT2D eigenvalue weighted by Crippen LogP contribution is -2.16. The van der Waals surface area contributed by atoms with E-state index in [1.54, 1.807) is 50.9 Å². The number of fused-ring (bicyclic) bond motifs is 2. The molecule has 7 rings (SSSR count). The van der Waals surface area contributed by atoms with Crippen LogP contribution in [-0.2, 0) is 27.2 Å². The number of anilines is 4. The predicted octanol–water partition coefficient (Wildman–Crippen LogP) is 8.08. The second kappa shape index (κ2) is 29.2. The van der Waals surface area contributed by atoms with E-state index in [0.29, 0.717) is 68.7 Å². The maximum Gasteiger partial charge on any atom is 0.240 e. The highest BCUT2D eigenvalue weighted by atomic mass is 35.5. The highest BCUT2D eigenvalue weighted by Gasteiger charge is 2.18. The first-order chi connectivity index (χ1) is 32.1. The number of thiocarbonyl (C=S) groups is 1. The number of aromatic nitrogens is 5. The number of thioether (sulfide) groups is 1. The molecular weight excluding hydrogens is 1020 g/mol. The fourth-order valence-corrected chi connectivity index (χ4v) is 6.57. The van der Waals surface area contributed by atoms with Gasteiger partial charge in [0, 0.05) is 31.0 Å². The molecule has 2 aliphatic heterocycles. The number of halogens is 5. The molecular formula is C41H43Cl5N10O9S2. The van der Waals surface area contributed by atoms with Gasteiger partial charge in [-0.1, -0.05) is 35.4 Å². The zero-order valence-corrected chi connectivity index (χ0v) is 41.9. The van der Waals surface area contributed by atoms with Crippen LogP contribution in [0.1, 0.15) is 11.1 Å². The van der Waals surface area contributed by atoms with Crippen molar-refractivity contribution in [3.63, 3.8) is 0 Å². The number of carbonyl (C=O) groups is 3. The van der Waals surface area contributed by atoms with Gasteiger partial charge in [0.15, 0.2) is 34.5 Å². The van der Waals surface area contributed by atoms with Crippen LogP contribution in [-0.4, -0.2) is 112 Å². The van der Waals surface area contributed by atoms with E-state index in [9.17, 15) is 14.4 Å². The molecule has 0 fully saturated rings. The number of hydrogen-bond acceptors (Lipinski definition) is 18. The molecule has 67 heavy (non-hydrogen) atoms. The molecule has 0 saturated carbocycles. The number of carbonyl (C=O) groups excluding carboxylic acids is 3. The Morgan fingerprint density at radius 2 is 1.13 bits per heavy atom. The van der Waals surface area contributed by atoms with Crippen LogP contribution in [0.4, 0.5) is 28.8 Å². The first kappa shape index (κ1) is 55.6. The lowest BCUT2D eigenvalue weighted by atomic mass is 10.2. The molecule has 26 heteroatoms. The largest absolute Gasteiger partial charge is 0.493 e. The first-order valence-electron chi connectivity index (χ1n) is 18.8. The SMILES string of the molecule is COc1cnc(N)cc1OC.COc1cnc(NC(=O)CCl)cc1OC.COc1cnc(NC(=O)CSC2=Nc3cnc(Cl)cc3C2)cc1OC.O=C(Cl)CCl.S=C1Cc2cc(Cl)ncc2N1. The Labute approximate surface area is 420 Å². The van der Waals surface area contributed by atoms with Crippen molar-refractivity contribution in [3.05, 3.63) is 82.7 Å². The van der Waals surface area contributed by atoms with Crippen LogP contribution in [0.15, 0.2) is 66.3 Å². The highest BCUT2D eigenvalue weighted by molar-refractivity contribution is 8.14. The quantitative estimate of drug-likeness (QED) is 0.0399. The van der Waals surface area contributed by atoms with Crippen molar-refractivity contribution in [3.8, 4) is 34.5 Å². The summed E-state index contributed by atoms with van der Waals surface area (Å²) in [6.45, 7) is 0. The van der Waals surface area contributed by atoms with Gasteiger partial charge in [-0.2, -0.15) is 0 Å². The summed E-state index contributed by atoms with van der Waals surface area (Å²) in [4.78, 5) is 57.7. The molecule has 0 aliphatic carbocycles. The van der Waals surface area contributed by atoms with E-state index in [0.717, 1.165) is 39.0 Å².